The zero-order chi connectivity index (χ0) is 29.9. The van der Waals surface area contributed by atoms with E-state index in [0.29, 0.717) is 6.42 Å². The molecule has 222 valence electrons. The van der Waals surface area contributed by atoms with Crippen molar-refractivity contribution in [1.29, 1.82) is 5.26 Å². The number of nitrogens with one attached hydrogen (secondary N) is 1. The maximum atomic E-state index is 13.9. The first-order chi connectivity index (χ1) is 18.9. The standard InChI is InChI=1S/C27H39N2O10P/c1-7-8-14-34-26(32)20(6)29-40(33,39-21-12-10-9-11-13-21)36-17-27(16-28)23(38-25(31)19(4)5)22(15-35-27)37-24(30)18(2)3/h9-13,18-20,22-23H,7-8,14-15,17H2,1-6H3,(H,29,33)/t20-,22?,23?,27?,40?/m0/s1. The zero-order valence-electron chi connectivity index (χ0n) is 23.8. The average Bonchev–Trinajstić information content (AvgIpc) is 3.24. The molecule has 0 saturated carbocycles. The molecule has 4 unspecified atom stereocenters. The second kappa shape index (κ2) is 15.1. The third kappa shape index (κ3) is 9.30. The van der Waals surface area contributed by atoms with Gasteiger partial charge in [-0.2, -0.15) is 10.3 Å². The highest BCUT2D eigenvalue weighted by molar-refractivity contribution is 7.52. The molecular formula is C27H39N2O10P. The minimum Gasteiger partial charge on any atom is -0.465 e. The van der Waals surface area contributed by atoms with E-state index in [2.05, 4.69) is 5.09 Å². The fourth-order valence-electron chi connectivity index (χ4n) is 3.39. The van der Waals surface area contributed by atoms with Crippen LogP contribution < -0.4 is 9.61 Å². The Labute approximate surface area is 235 Å². The van der Waals surface area contributed by atoms with Gasteiger partial charge in [-0.1, -0.05) is 59.2 Å². The van der Waals surface area contributed by atoms with Crippen molar-refractivity contribution in [2.24, 2.45) is 11.8 Å². The van der Waals surface area contributed by atoms with E-state index in [1.54, 1.807) is 45.9 Å². The number of rotatable bonds is 15. The summed E-state index contributed by atoms with van der Waals surface area (Å²) in [5.41, 5.74) is -2.01. The van der Waals surface area contributed by atoms with Crippen LogP contribution in [0.15, 0.2) is 30.3 Å². The van der Waals surface area contributed by atoms with E-state index in [4.69, 9.17) is 28.0 Å². The first-order valence-electron chi connectivity index (χ1n) is 13.3. The fraction of sp³-hybridized carbons (Fsp3) is 0.630. The van der Waals surface area contributed by atoms with E-state index < -0.39 is 67.9 Å². The molecule has 1 N–H and O–H groups in total. The van der Waals surface area contributed by atoms with Crippen LogP contribution in [-0.2, 0) is 42.4 Å². The molecule has 0 aromatic heterocycles. The summed E-state index contributed by atoms with van der Waals surface area (Å²) in [6.07, 6.45) is -1.03. The fourth-order valence-corrected chi connectivity index (χ4v) is 4.91. The van der Waals surface area contributed by atoms with Crippen LogP contribution in [0.1, 0.15) is 54.4 Å². The number of nitriles is 1. The van der Waals surface area contributed by atoms with E-state index in [9.17, 15) is 24.2 Å². The summed E-state index contributed by atoms with van der Waals surface area (Å²) in [7, 11) is -4.37. The summed E-state index contributed by atoms with van der Waals surface area (Å²) < 4.78 is 47.1. The number of esters is 3. The van der Waals surface area contributed by atoms with E-state index in [1.807, 2.05) is 13.0 Å². The van der Waals surface area contributed by atoms with Gasteiger partial charge in [0.25, 0.3) is 0 Å². The Morgan fingerprint density at radius 1 is 1.07 bits per heavy atom. The Morgan fingerprint density at radius 3 is 2.27 bits per heavy atom. The maximum absolute atomic E-state index is 13.9. The van der Waals surface area contributed by atoms with Gasteiger partial charge in [-0.25, -0.2) is 4.57 Å². The molecule has 0 bridgehead atoms. The second-order valence-corrected chi connectivity index (χ2v) is 11.7. The third-order valence-electron chi connectivity index (χ3n) is 5.81. The highest BCUT2D eigenvalue weighted by Crippen LogP contribution is 2.47. The van der Waals surface area contributed by atoms with Crippen LogP contribution >= 0.6 is 7.75 Å². The van der Waals surface area contributed by atoms with Gasteiger partial charge in [-0.15, -0.1) is 0 Å². The van der Waals surface area contributed by atoms with Gasteiger partial charge in [0.2, 0.25) is 5.60 Å². The number of hydrogen-bond acceptors (Lipinski definition) is 11. The number of benzene rings is 1. The van der Waals surface area contributed by atoms with Crippen LogP contribution in [-0.4, -0.2) is 61.6 Å². The molecule has 0 spiro atoms. The molecular weight excluding hydrogens is 543 g/mol. The van der Waals surface area contributed by atoms with Crippen LogP contribution in [0.3, 0.4) is 0 Å². The first kappa shape index (κ1) is 33.2. The Balaban J connectivity index is 2.33. The van der Waals surface area contributed by atoms with Crippen molar-refractivity contribution in [3.05, 3.63) is 30.3 Å². The van der Waals surface area contributed by atoms with Crippen molar-refractivity contribution in [1.82, 2.24) is 5.09 Å². The number of carbonyl (C=O) groups excluding carboxylic acids is 3. The van der Waals surface area contributed by atoms with E-state index in [1.165, 1.54) is 19.1 Å². The molecule has 0 radical (unpaired) electrons. The smallest absolute Gasteiger partial charge is 0.459 e. The molecule has 13 heteroatoms. The molecule has 40 heavy (non-hydrogen) atoms. The van der Waals surface area contributed by atoms with Gasteiger partial charge in [0, 0.05) is 0 Å². The van der Waals surface area contributed by atoms with Gasteiger partial charge in [-0.3, -0.25) is 18.9 Å². The largest absolute Gasteiger partial charge is 0.465 e. The SMILES string of the molecule is CCCCOC(=O)[C@H](C)NP(=O)(OCC1(C#N)OCC(OC(=O)C(C)C)C1OC(=O)C(C)C)Oc1ccccc1. The lowest BCUT2D eigenvalue weighted by molar-refractivity contribution is -0.173. The third-order valence-corrected chi connectivity index (χ3v) is 7.43. The predicted molar refractivity (Wildman–Crippen MR) is 143 cm³/mol. The summed E-state index contributed by atoms with van der Waals surface area (Å²) in [6, 6.07) is 8.91. The van der Waals surface area contributed by atoms with Gasteiger partial charge in [0.05, 0.1) is 25.0 Å². The first-order valence-corrected chi connectivity index (χ1v) is 14.8. The number of para-hydroxylation sites is 1. The molecule has 0 amide bonds. The lowest BCUT2D eigenvalue weighted by atomic mass is 9.97. The predicted octanol–water partition coefficient (Wildman–Crippen LogP) is 3.94. The molecule has 1 saturated heterocycles. The minimum atomic E-state index is -4.37. The van der Waals surface area contributed by atoms with Gasteiger partial charge in [-0.05, 0) is 25.5 Å². The second-order valence-electron chi connectivity index (χ2n) is 10.0. The van der Waals surface area contributed by atoms with E-state index >= 15 is 0 Å². The lowest BCUT2D eigenvalue weighted by Crippen LogP contribution is -2.50. The van der Waals surface area contributed by atoms with Crippen LogP contribution in [0.4, 0.5) is 0 Å². The van der Waals surface area contributed by atoms with Crippen molar-refractivity contribution in [2.45, 2.75) is 78.2 Å². The van der Waals surface area contributed by atoms with Gasteiger partial charge in [0.15, 0.2) is 12.2 Å². The molecule has 1 aliphatic heterocycles. The molecule has 1 fully saturated rings. The summed E-state index contributed by atoms with van der Waals surface area (Å²) >= 11 is 0. The number of unbranched alkanes of at least 4 members (excludes halogenated alkanes) is 1. The topological polar surface area (TPSA) is 159 Å². The van der Waals surface area contributed by atoms with E-state index in [-0.39, 0.29) is 19.0 Å². The summed E-state index contributed by atoms with van der Waals surface area (Å²) in [6.45, 7) is 9.04. The van der Waals surface area contributed by atoms with Crippen molar-refractivity contribution >= 4 is 25.7 Å². The van der Waals surface area contributed by atoms with E-state index in [0.717, 1.165) is 6.42 Å². The van der Waals surface area contributed by atoms with Gasteiger partial charge >= 0.3 is 25.7 Å². The Kier molecular flexibility index (Phi) is 12.6. The lowest BCUT2D eigenvalue weighted by Gasteiger charge is -2.31. The van der Waals surface area contributed by atoms with Crippen LogP contribution in [0, 0.1) is 23.2 Å². The number of ether oxygens (including phenoxy) is 4. The van der Waals surface area contributed by atoms with Crippen molar-refractivity contribution in [2.75, 3.05) is 19.8 Å². The highest BCUT2D eigenvalue weighted by atomic mass is 31.2. The van der Waals surface area contributed by atoms with Gasteiger partial charge in [0.1, 0.15) is 24.5 Å². The Bertz CT molecular complexity index is 1090. The van der Waals surface area contributed by atoms with Crippen molar-refractivity contribution < 1.29 is 46.9 Å². The quantitative estimate of drug-likeness (QED) is 0.138. The maximum Gasteiger partial charge on any atom is 0.459 e. The number of nitrogens with zero attached hydrogens (tertiary/aromatic N) is 1. The number of hydrogen-bond donors (Lipinski definition) is 1. The normalized spacial score (nSPS) is 22.7. The van der Waals surface area contributed by atoms with Crippen LogP contribution in [0.25, 0.3) is 0 Å². The molecule has 12 nitrogen and oxygen atoms in total. The molecule has 0 aliphatic carbocycles. The van der Waals surface area contributed by atoms with Gasteiger partial charge < -0.3 is 23.5 Å². The molecule has 1 aliphatic rings. The monoisotopic (exact) mass is 582 g/mol. The molecule has 1 aromatic rings. The summed E-state index contributed by atoms with van der Waals surface area (Å²) in [4.78, 5) is 37.3. The highest BCUT2D eigenvalue weighted by Gasteiger charge is 2.57. The van der Waals surface area contributed by atoms with Crippen molar-refractivity contribution in [3.63, 3.8) is 0 Å². The molecule has 5 atom stereocenters. The average molecular weight is 583 g/mol. The molecule has 1 heterocycles. The summed E-state index contributed by atoms with van der Waals surface area (Å²) in [5, 5.41) is 12.7. The van der Waals surface area contributed by atoms with Crippen LogP contribution in [0.5, 0.6) is 5.75 Å². The van der Waals surface area contributed by atoms with Crippen molar-refractivity contribution in [3.8, 4) is 11.8 Å². The Hall–Kier alpha value is -2.97. The summed E-state index contributed by atoms with van der Waals surface area (Å²) in [5.74, 6) is -2.81. The minimum absolute atomic E-state index is 0.162. The number of carbonyl (C=O) groups is 3. The molecule has 1 aromatic carbocycles. The van der Waals surface area contributed by atoms with Crippen LogP contribution in [0.2, 0.25) is 0 Å². The zero-order valence-corrected chi connectivity index (χ0v) is 24.7. The molecule has 2 rings (SSSR count). The Morgan fingerprint density at radius 2 is 1.70 bits per heavy atom.